The lowest BCUT2D eigenvalue weighted by atomic mass is 10.1. The Morgan fingerprint density at radius 1 is 1.24 bits per heavy atom. The van der Waals surface area contributed by atoms with Crippen molar-refractivity contribution in [3.05, 3.63) is 64.4 Å². The molecule has 0 aliphatic carbocycles. The lowest BCUT2D eigenvalue weighted by Gasteiger charge is -2.02. The second kappa shape index (κ2) is 5.61. The highest BCUT2D eigenvalue weighted by Crippen LogP contribution is 2.29. The molecular weight excluding hydrogens is 330 g/mol. The SMILES string of the molecule is Cc1ccnc(-n2cc(C=O)c(-c3ccccc3Br)n2)c1. The summed E-state index contributed by atoms with van der Waals surface area (Å²) in [5.41, 5.74) is 3.14. The fraction of sp³-hybridized carbons (Fsp3) is 0.0625. The average molecular weight is 342 g/mol. The van der Waals surface area contributed by atoms with Gasteiger partial charge in [0.1, 0.15) is 5.69 Å². The van der Waals surface area contributed by atoms with Crippen molar-refractivity contribution in [2.24, 2.45) is 0 Å². The van der Waals surface area contributed by atoms with Crippen molar-refractivity contribution < 1.29 is 4.79 Å². The highest BCUT2D eigenvalue weighted by molar-refractivity contribution is 9.10. The first kappa shape index (κ1) is 13.7. The van der Waals surface area contributed by atoms with Gasteiger partial charge in [0, 0.05) is 22.4 Å². The van der Waals surface area contributed by atoms with Crippen molar-refractivity contribution in [2.45, 2.75) is 6.92 Å². The van der Waals surface area contributed by atoms with Crippen LogP contribution in [0.1, 0.15) is 15.9 Å². The Morgan fingerprint density at radius 3 is 2.76 bits per heavy atom. The number of aromatic nitrogens is 3. The third-order valence-corrected chi connectivity index (χ3v) is 3.83. The summed E-state index contributed by atoms with van der Waals surface area (Å²) in [6.07, 6.45) is 4.24. The van der Waals surface area contributed by atoms with Gasteiger partial charge in [0.05, 0.1) is 5.56 Å². The van der Waals surface area contributed by atoms with Gasteiger partial charge in [0.15, 0.2) is 12.1 Å². The average Bonchev–Trinajstić information content (AvgIpc) is 2.92. The molecule has 0 fully saturated rings. The van der Waals surface area contributed by atoms with Crippen molar-refractivity contribution in [1.29, 1.82) is 0 Å². The first-order valence-corrected chi connectivity index (χ1v) is 7.21. The van der Waals surface area contributed by atoms with E-state index in [0.717, 1.165) is 21.9 Å². The minimum absolute atomic E-state index is 0.533. The molecule has 0 saturated heterocycles. The number of pyridine rings is 1. The molecule has 0 unspecified atom stereocenters. The molecule has 0 N–H and O–H groups in total. The van der Waals surface area contributed by atoms with E-state index < -0.39 is 0 Å². The molecule has 0 radical (unpaired) electrons. The third kappa shape index (κ3) is 2.64. The first-order valence-electron chi connectivity index (χ1n) is 6.42. The lowest BCUT2D eigenvalue weighted by Crippen LogP contribution is -1.98. The smallest absolute Gasteiger partial charge is 0.153 e. The normalized spacial score (nSPS) is 10.6. The number of benzene rings is 1. The monoisotopic (exact) mass is 341 g/mol. The number of aryl methyl sites for hydroxylation is 1. The number of carbonyl (C=O) groups excluding carboxylic acids is 1. The third-order valence-electron chi connectivity index (χ3n) is 3.13. The summed E-state index contributed by atoms with van der Waals surface area (Å²) in [6, 6.07) is 11.5. The van der Waals surface area contributed by atoms with Crippen molar-refractivity contribution in [2.75, 3.05) is 0 Å². The molecule has 0 amide bonds. The molecule has 21 heavy (non-hydrogen) atoms. The Bertz CT molecular complexity index is 811. The number of hydrogen-bond acceptors (Lipinski definition) is 3. The number of carbonyl (C=O) groups is 1. The summed E-state index contributed by atoms with van der Waals surface area (Å²) in [5.74, 6) is 0.691. The van der Waals surface area contributed by atoms with Crippen molar-refractivity contribution in [3.63, 3.8) is 0 Å². The Labute approximate surface area is 130 Å². The van der Waals surface area contributed by atoms with Gasteiger partial charge in [-0.25, -0.2) is 9.67 Å². The second-order valence-corrected chi connectivity index (χ2v) is 5.52. The zero-order valence-electron chi connectivity index (χ0n) is 11.3. The fourth-order valence-corrected chi connectivity index (χ4v) is 2.57. The maximum Gasteiger partial charge on any atom is 0.153 e. The summed E-state index contributed by atoms with van der Waals surface area (Å²) < 4.78 is 2.53. The Kier molecular flexibility index (Phi) is 3.66. The minimum Gasteiger partial charge on any atom is -0.298 e. The molecule has 0 aliphatic rings. The van der Waals surface area contributed by atoms with E-state index in [0.29, 0.717) is 17.1 Å². The van der Waals surface area contributed by atoms with E-state index in [2.05, 4.69) is 26.0 Å². The van der Waals surface area contributed by atoms with Gasteiger partial charge in [-0.1, -0.05) is 34.1 Å². The maximum absolute atomic E-state index is 11.3. The van der Waals surface area contributed by atoms with Crippen molar-refractivity contribution in [3.8, 4) is 17.1 Å². The zero-order chi connectivity index (χ0) is 14.8. The Hall–Kier alpha value is -2.27. The Morgan fingerprint density at radius 2 is 2.05 bits per heavy atom. The van der Waals surface area contributed by atoms with Crippen LogP contribution in [0.4, 0.5) is 0 Å². The Balaban J connectivity index is 2.15. The maximum atomic E-state index is 11.3. The highest BCUT2D eigenvalue weighted by atomic mass is 79.9. The number of nitrogens with zero attached hydrogens (tertiary/aromatic N) is 3. The molecule has 3 aromatic rings. The highest BCUT2D eigenvalue weighted by Gasteiger charge is 2.14. The molecule has 0 bridgehead atoms. The van der Waals surface area contributed by atoms with Crippen molar-refractivity contribution in [1.82, 2.24) is 14.8 Å². The standard InChI is InChI=1S/C16H12BrN3O/c1-11-6-7-18-15(8-11)20-9-12(10-21)16(19-20)13-4-2-3-5-14(13)17/h2-10H,1H3. The summed E-state index contributed by atoms with van der Waals surface area (Å²) >= 11 is 3.49. The van der Waals surface area contributed by atoms with E-state index in [1.807, 2.05) is 43.3 Å². The molecule has 3 rings (SSSR count). The van der Waals surface area contributed by atoms with Crippen LogP contribution in [0.5, 0.6) is 0 Å². The summed E-state index contributed by atoms with van der Waals surface area (Å²) in [5, 5.41) is 4.52. The van der Waals surface area contributed by atoms with Gasteiger partial charge in [-0.05, 0) is 30.7 Å². The molecule has 2 aromatic heterocycles. The molecule has 4 nitrogen and oxygen atoms in total. The van der Waals surface area contributed by atoms with Crippen LogP contribution in [0.3, 0.4) is 0 Å². The largest absolute Gasteiger partial charge is 0.298 e. The fourth-order valence-electron chi connectivity index (χ4n) is 2.10. The van der Waals surface area contributed by atoms with Gasteiger partial charge in [-0.2, -0.15) is 5.10 Å². The van der Waals surface area contributed by atoms with E-state index in [9.17, 15) is 4.79 Å². The number of rotatable bonds is 3. The van der Waals surface area contributed by atoms with E-state index in [1.165, 1.54) is 0 Å². The number of aldehydes is 1. The van der Waals surface area contributed by atoms with Crippen LogP contribution in [0.2, 0.25) is 0 Å². The molecule has 5 heteroatoms. The van der Waals surface area contributed by atoms with E-state index >= 15 is 0 Å². The van der Waals surface area contributed by atoms with Crippen LogP contribution in [0.25, 0.3) is 17.1 Å². The van der Waals surface area contributed by atoms with Gasteiger partial charge in [0.25, 0.3) is 0 Å². The molecule has 104 valence electrons. The molecule has 0 aliphatic heterocycles. The number of hydrogen-bond donors (Lipinski definition) is 0. The van der Waals surface area contributed by atoms with Gasteiger partial charge < -0.3 is 0 Å². The van der Waals surface area contributed by atoms with Crippen LogP contribution in [0, 0.1) is 6.92 Å². The second-order valence-electron chi connectivity index (χ2n) is 4.67. The van der Waals surface area contributed by atoms with Crippen molar-refractivity contribution >= 4 is 22.2 Å². The lowest BCUT2D eigenvalue weighted by molar-refractivity contribution is 0.112. The van der Waals surface area contributed by atoms with E-state index in [4.69, 9.17) is 0 Å². The predicted octanol–water partition coefficient (Wildman–Crippen LogP) is 3.82. The van der Waals surface area contributed by atoms with Gasteiger partial charge in [-0.3, -0.25) is 4.79 Å². The van der Waals surface area contributed by atoms with Crippen LogP contribution < -0.4 is 0 Å². The molecule has 0 spiro atoms. The van der Waals surface area contributed by atoms with Crippen LogP contribution >= 0.6 is 15.9 Å². The van der Waals surface area contributed by atoms with Gasteiger partial charge in [0.2, 0.25) is 0 Å². The van der Waals surface area contributed by atoms with Gasteiger partial charge in [-0.15, -0.1) is 0 Å². The van der Waals surface area contributed by atoms with E-state index in [1.54, 1.807) is 17.1 Å². The predicted molar refractivity (Wildman–Crippen MR) is 84.6 cm³/mol. The van der Waals surface area contributed by atoms with Gasteiger partial charge >= 0.3 is 0 Å². The number of halogens is 1. The molecule has 0 saturated carbocycles. The molecule has 1 aromatic carbocycles. The topological polar surface area (TPSA) is 47.8 Å². The van der Waals surface area contributed by atoms with Crippen LogP contribution in [0.15, 0.2) is 53.3 Å². The zero-order valence-corrected chi connectivity index (χ0v) is 12.9. The summed E-state index contributed by atoms with van der Waals surface area (Å²) in [4.78, 5) is 15.6. The first-order chi connectivity index (χ1) is 10.2. The minimum atomic E-state index is 0.533. The quantitative estimate of drug-likeness (QED) is 0.680. The molecule has 0 atom stereocenters. The summed E-state index contributed by atoms with van der Waals surface area (Å²) in [7, 11) is 0. The molecular formula is C16H12BrN3O. The van der Waals surface area contributed by atoms with Crippen LogP contribution in [-0.2, 0) is 0 Å². The van der Waals surface area contributed by atoms with E-state index in [-0.39, 0.29) is 0 Å². The summed E-state index contributed by atoms with van der Waals surface area (Å²) in [6.45, 7) is 1.99. The molecule has 2 heterocycles. The van der Waals surface area contributed by atoms with Crippen LogP contribution in [-0.4, -0.2) is 21.1 Å².